The molecule has 94 valence electrons. The summed E-state index contributed by atoms with van der Waals surface area (Å²) in [5.41, 5.74) is 3.34. The maximum absolute atomic E-state index is 11.5. The first-order valence-corrected chi connectivity index (χ1v) is 6.39. The van der Waals surface area contributed by atoms with Crippen molar-refractivity contribution in [2.75, 3.05) is 0 Å². The predicted molar refractivity (Wildman–Crippen MR) is 78.1 cm³/mol. The second kappa shape index (κ2) is 4.73. The van der Waals surface area contributed by atoms with Crippen molar-refractivity contribution < 1.29 is 4.79 Å². The van der Waals surface area contributed by atoms with Gasteiger partial charge < -0.3 is 4.57 Å². The van der Waals surface area contributed by atoms with Crippen molar-refractivity contribution >= 4 is 16.7 Å². The topological polar surface area (TPSA) is 22.0 Å². The van der Waals surface area contributed by atoms with E-state index in [1.165, 1.54) is 5.39 Å². The predicted octanol–water partition coefficient (Wildman–Crippen LogP) is 3.90. The molecular weight excluding hydrogens is 234 g/mol. The van der Waals surface area contributed by atoms with Gasteiger partial charge in [0.2, 0.25) is 0 Å². The van der Waals surface area contributed by atoms with Crippen molar-refractivity contribution in [3.63, 3.8) is 0 Å². The van der Waals surface area contributed by atoms with Gasteiger partial charge in [-0.1, -0.05) is 48.5 Å². The minimum Gasteiger partial charge on any atom is -0.333 e. The molecule has 3 rings (SSSR count). The fourth-order valence-electron chi connectivity index (χ4n) is 2.45. The summed E-state index contributed by atoms with van der Waals surface area (Å²) in [6.07, 6.45) is 0. The summed E-state index contributed by atoms with van der Waals surface area (Å²) in [5, 5.41) is 1.17. The number of ketones is 1. The van der Waals surface area contributed by atoms with Crippen molar-refractivity contribution in [3.05, 3.63) is 60.7 Å². The van der Waals surface area contributed by atoms with Gasteiger partial charge in [0.25, 0.3) is 0 Å². The molecule has 0 fully saturated rings. The smallest absolute Gasteiger partial charge is 0.149 e. The molecule has 2 aromatic carbocycles. The number of hydrogen-bond acceptors (Lipinski definition) is 1. The van der Waals surface area contributed by atoms with Crippen molar-refractivity contribution in [3.8, 4) is 11.3 Å². The molecule has 0 saturated carbocycles. The Hall–Kier alpha value is -2.35. The molecule has 1 aromatic heterocycles. The van der Waals surface area contributed by atoms with Crippen molar-refractivity contribution in [2.45, 2.75) is 13.5 Å². The summed E-state index contributed by atoms with van der Waals surface area (Å²) >= 11 is 0. The van der Waals surface area contributed by atoms with Gasteiger partial charge in [-0.2, -0.15) is 0 Å². The van der Waals surface area contributed by atoms with Crippen LogP contribution in [0.15, 0.2) is 60.7 Å². The molecule has 0 spiro atoms. The molecule has 0 bridgehead atoms. The molecule has 1 heterocycles. The highest BCUT2D eigenvalue weighted by Gasteiger charge is 2.11. The first-order chi connectivity index (χ1) is 9.25. The average molecular weight is 249 g/mol. The Labute approximate surface area is 112 Å². The van der Waals surface area contributed by atoms with Crippen LogP contribution >= 0.6 is 0 Å². The quantitative estimate of drug-likeness (QED) is 0.690. The SMILES string of the molecule is CC(=O)Cn1c(-c2ccccc2)cc2ccccc21. The van der Waals surface area contributed by atoms with Crippen LogP contribution in [0.1, 0.15) is 6.92 Å². The second-order valence-corrected chi connectivity index (χ2v) is 4.74. The molecule has 19 heavy (non-hydrogen) atoms. The molecule has 0 radical (unpaired) electrons. The lowest BCUT2D eigenvalue weighted by atomic mass is 10.1. The van der Waals surface area contributed by atoms with Gasteiger partial charge in [-0.3, -0.25) is 4.79 Å². The van der Waals surface area contributed by atoms with Gasteiger partial charge in [0.15, 0.2) is 0 Å². The third kappa shape index (κ3) is 2.17. The van der Waals surface area contributed by atoms with Gasteiger partial charge in [0.1, 0.15) is 5.78 Å². The average Bonchev–Trinajstić information content (AvgIpc) is 2.78. The molecule has 0 N–H and O–H groups in total. The van der Waals surface area contributed by atoms with E-state index in [1.807, 2.05) is 30.3 Å². The van der Waals surface area contributed by atoms with Crippen molar-refractivity contribution in [2.24, 2.45) is 0 Å². The monoisotopic (exact) mass is 249 g/mol. The van der Waals surface area contributed by atoms with Crippen LogP contribution in [0.5, 0.6) is 0 Å². The third-order valence-corrected chi connectivity index (χ3v) is 3.26. The fraction of sp³-hybridized carbons (Fsp3) is 0.118. The highest BCUT2D eigenvalue weighted by Crippen LogP contribution is 2.28. The Morgan fingerprint density at radius 2 is 1.68 bits per heavy atom. The summed E-state index contributed by atoms with van der Waals surface area (Å²) < 4.78 is 2.09. The van der Waals surface area contributed by atoms with Gasteiger partial charge in [0.05, 0.1) is 6.54 Å². The zero-order valence-corrected chi connectivity index (χ0v) is 10.8. The van der Waals surface area contributed by atoms with Crippen molar-refractivity contribution in [1.82, 2.24) is 4.57 Å². The molecule has 0 amide bonds. The zero-order chi connectivity index (χ0) is 13.2. The van der Waals surface area contributed by atoms with Crippen molar-refractivity contribution in [1.29, 1.82) is 0 Å². The number of rotatable bonds is 3. The number of aromatic nitrogens is 1. The van der Waals surface area contributed by atoms with Crippen LogP contribution in [0.2, 0.25) is 0 Å². The number of para-hydroxylation sites is 1. The van der Waals surface area contributed by atoms with Crippen LogP contribution < -0.4 is 0 Å². The van der Waals surface area contributed by atoms with Gasteiger partial charge in [0, 0.05) is 16.6 Å². The lowest BCUT2D eigenvalue weighted by molar-refractivity contribution is -0.117. The molecule has 0 unspecified atom stereocenters. The zero-order valence-electron chi connectivity index (χ0n) is 10.8. The highest BCUT2D eigenvalue weighted by molar-refractivity contribution is 5.89. The minimum atomic E-state index is 0.165. The number of hydrogen-bond donors (Lipinski definition) is 0. The number of carbonyl (C=O) groups is 1. The van der Waals surface area contributed by atoms with E-state index in [0.717, 1.165) is 16.8 Å². The summed E-state index contributed by atoms with van der Waals surface area (Å²) in [5.74, 6) is 0.165. The van der Waals surface area contributed by atoms with E-state index in [-0.39, 0.29) is 5.78 Å². The van der Waals surface area contributed by atoms with Gasteiger partial charge >= 0.3 is 0 Å². The van der Waals surface area contributed by atoms with Crippen LogP contribution in [-0.4, -0.2) is 10.4 Å². The van der Waals surface area contributed by atoms with E-state index in [0.29, 0.717) is 6.54 Å². The van der Waals surface area contributed by atoms with Crippen LogP contribution in [0.25, 0.3) is 22.2 Å². The normalized spacial score (nSPS) is 10.8. The molecule has 0 aliphatic rings. The summed E-state index contributed by atoms with van der Waals surface area (Å²) in [7, 11) is 0. The van der Waals surface area contributed by atoms with E-state index in [9.17, 15) is 4.79 Å². The largest absolute Gasteiger partial charge is 0.333 e. The first kappa shape index (κ1) is 11.7. The number of carbonyl (C=O) groups excluding carboxylic acids is 1. The Morgan fingerprint density at radius 3 is 2.42 bits per heavy atom. The Balaban J connectivity index is 2.26. The molecule has 3 aromatic rings. The maximum Gasteiger partial charge on any atom is 0.149 e. The highest BCUT2D eigenvalue weighted by atomic mass is 16.1. The molecule has 0 aliphatic carbocycles. The number of Topliss-reactive ketones (excluding diaryl/α,β-unsaturated/α-hetero) is 1. The first-order valence-electron chi connectivity index (χ1n) is 6.39. The Kier molecular flexibility index (Phi) is 2.92. The van der Waals surface area contributed by atoms with E-state index < -0.39 is 0 Å². The van der Waals surface area contributed by atoms with Crippen LogP contribution in [0.4, 0.5) is 0 Å². The molecule has 0 atom stereocenters. The fourth-order valence-corrected chi connectivity index (χ4v) is 2.45. The van der Waals surface area contributed by atoms with Crippen LogP contribution in [-0.2, 0) is 11.3 Å². The van der Waals surface area contributed by atoms with Gasteiger partial charge in [-0.05, 0) is 24.6 Å². The second-order valence-electron chi connectivity index (χ2n) is 4.74. The van der Waals surface area contributed by atoms with Gasteiger partial charge in [-0.25, -0.2) is 0 Å². The Bertz CT molecular complexity index is 725. The number of nitrogens with zero attached hydrogens (tertiary/aromatic N) is 1. The molecule has 0 aliphatic heterocycles. The molecular formula is C17H15NO. The Morgan fingerprint density at radius 1 is 1.00 bits per heavy atom. The number of fused-ring (bicyclic) bond motifs is 1. The molecule has 0 saturated heterocycles. The third-order valence-electron chi connectivity index (χ3n) is 3.26. The standard InChI is InChI=1S/C17H15NO/c1-13(19)12-18-16-10-6-5-9-15(16)11-17(18)14-7-3-2-4-8-14/h2-11H,12H2,1H3. The summed E-state index contributed by atoms with van der Waals surface area (Å²) in [6, 6.07) is 20.5. The molecule has 2 heteroatoms. The van der Waals surface area contributed by atoms with E-state index >= 15 is 0 Å². The molecule has 2 nitrogen and oxygen atoms in total. The minimum absolute atomic E-state index is 0.165. The van der Waals surface area contributed by atoms with Gasteiger partial charge in [-0.15, -0.1) is 0 Å². The van der Waals surface area contributed by atoms with E-state index in [2.05, 4.69) is 34.9 Å². The van der Waals surface area contributed by atoms with Crippen LogP contribution in [0.3, 0.4) is 0 Å². The van der Waals surface area contributed by atoms with E-state index in [1.54, 1.807) is 6.92 Å². The summed E-state index contributed by atoms with van der Waals surface area (Å²) in [4.78, 5) is 11.5. The van der Waals surface area contributed by atoms with E-state index in [4.69, 9.17) is 0 Å². The maximum atomic E-state index is 11.5. The summed E-state index contributed by atoms with van der Waals surface area (Å²) in [6.45, 7) is 2.04. The lowest BCUT2D eigenvalue weighted by Gasteiger charge is -2.08. The lowest BCUT2D eigenvalue weighted by Crippen LogP contribution is -2.07. The van der Waals surface area contributed by atoms with Crippen LogP contribution in [0, 0.1) is 0 Å². The number of benzene rings is 2.